The van der Waals surface area contributed by atoms with E-state index >= 15 is 0 Å². The minimum absolute atomic E-state index is 0.100. The van der Waals surface area contributed by atoms with Crippen molar-refractivity contribution in [3.05, 3.63) is 92.4 Å². The molecule has 4 amide bonds. The van der Waals surface area contributed by atoms with Crippen LogP contribution in [0.3, 0.4) is 0 Å². The maximum absolute atomic E-state index is 13.2. The lowest BCUT2D eigenvalue weighted by atomic mass is 10.1. The van der Waals surface area contributed by atoms with E-state index in [1.54, 1.807) is 54.6 Å². The number of methoxy groups -OCH3 is 1. The summed E-state index contributed by atoms with van der Waals surface area (Å²) in [5.41, 5.74) is 0.516. The Balaban J connectivity index is 1.74. The number of nitrogens with one attached hydrogen (secondary N) is 1. The molecule has 10 heteroatoms. The normalized spacial score (nSPS) is 14.7. The van der Waals surface area contributed by atoms with Crippen molar-refractivity contribution in [1.29, 1.82) is 0 Å². The monoisotopic (exact) mass is 598 g/mol. The number of imide groups is 2. The summed E-state index contributed by atoms with van der Waals surface area (Å²) in [4.78, 5) is 51.9. The third-order valence-corrected chi connectivity index (χ3v) is 6.02. The van der Waals surface area contributed by atoms with Crippen LogP contribution in [-0.4, -0.2) is 30.9 Å². The minimum Gasteiger partial charge on any atom is -0.497 e. The molecule has 0 aromatic heterocycles. The number of esters is 1. The lowest BCUT2D eigenvalue weighted by Gasteiger charge is -2.26. The Labute approximate surface area is 216 Å². The standard InChI is InChI=1S/C25H16Br2N2O6/c1-34-18-9-7-17(8-10-18)29-23(31)19(22(30)28-25(29)33)12-15-11-16(26)13-20(27)21(15)35-24(32)14-5-3-2-4-6-14/h2-13H,1H3,(H,28,30,33)/b19-12-. The summed E-state index contributed by atoms with van der Waals surface area (Å²) >= 11 is 6.73. The van der Waals surface area contributed by atoms with Crippen molar-refractivity contribution >= 4 is 67.4 Å². The van der Waals surface area contributed by atoms with Crippen LogP contribution in [0.5, 0.6) is 11.5 Å². The Bertz CT molecular complexity index is 1370. The van der Waals surface area contributed by atoms with Crippen LogP contribution in [0.1, 0.15) is 15.9 Å². The van der Waals surface area contributed by atoms with Gasteiger partial charge in [-0.25, -0.2) is 14.5 Å². The Morgan fingerprint density at radius 3 is 2.31 bits per heavy atom. The van der Waals surface area contributed by atoms with Crippen LogP contribution < -0.4 is 19.7 Å². The number of carbonyl (C=O) groups excluding carboxylic acids is 4. The number of hydrogen-bond acceptors (Lipinski definition) is 6. The molecule has 0 radical (unpaired) electrons. The maximum Gasteiger partial charge on any atom is 0.343 e. The second-order valence-electron chi connectivity index (χ2n) is 7.22. The molecular weight excluding hydrogens is 584 g/mol. The highest BCUT2D eigenvalue weighted by Gasteiger charge is 2.37. The van der Waals surface area contributed by atoms with E-state index in [1.165, 1.54) is 25.3 Å². The van der Waals surface area contributed by atoms with Crippen LogP contribution >= 0.6 is 31.9 Å². The Hall–Kier alpha value is -3.76. The minimum atomic E-state index is -0.881. The number of hydrogen-bond donors (Lipinski definition) is 1. The maximum atomic E-state index is 13.2. The van der Waals surface area contributed by atoms with Gasteiger partial charge in [-0.15, -0.1) is 0 Å². The predicted molar refractivity (Wildman–Crippen MR) is 135 cm³/mol. The van der Waals surface area contributed by atoms with Crippen molar-refractivity contribution < 1.29 is 28.7 Å². The third kappa shape index (κ3) is 5.18. The fourth-order valence-electron chi connectivity index (χ4n) is 3.30. The highest BCUT2D eigenvalue weighted by Crippen LogP contribution is 2.35. The van der Waals surface area contributed by atoms with E-state index in [9.17, 15) is 19.2 Å². The van der Waals surface area contributed by atoms with Gasteiger partial charge in [0.05, 0.1) is 22.8 Å². The molecule has 0 bridgehead atoms. The Morgan fingerprint density at radius 2 is 1.66 bits per heavy atom. The number of benzene rings is 3. The van der Waals surface area contributed by atoms with Crippen molar-refractivity contribution in [1.82, 2.24) is 5.32 Å². The second kappa shape index (κ2) is 10.2. The third-order valence-electron chi connectivity index (χ3n) is 4.97. The summed E-state index contributed by atoms with van der Waals surface area (Å²) in [6, 6.07) is 16.9. The molecule has 0 spiro atoms. The number of anilines is 1. The first-order valence-corrected chi connectivity index (χ1v) is 11.7. The molecule has 4 rings (SSSR count). The zero-order chi connectivity index (χ0) is 25.1. The van der Waals surface area contributed by atoms with Crippen LogP contribution in [0, 0.1) is 0 Å². The van der Waals surface area contributed by atoms with Gasteiger partial charge in [0, 0.05) is 10.0 Å². The molecule has 0 saturated carbocycles. The number of ether oxygens (including phenoxy) is 2. The van der Waals surface area contributed by atoms with Crippen molar-refractivity contribution in [2.45, 2.75) is 0 Å². The van der Waals surface area contributed by atoms with Crippen LogP contribution in [0.2, 0.25) is 0 Å². The fraction of sp³-hybridized carbons (Fsp3) is 0.0400. The van der Waals surface area contributed by atoms with Gasteiger partial charge >= 0.3 is 12.0 Å². The SMILES string of the molecule is COc1ccc(N2C(=O)NC(=O)/C(=C/c3cc(Br)cc(Br)c3OC(=O)c3ccccc3)C2=O)cc1. The number of urea groups is 1. The number of barbiturate groups is 1. The van der Waals surface area contributed by atoms with Crippen LogP contribution in [0.4, 0.5) is 10.5 Å². The Kier molecular flexibility index (Phi) is 7.13. The summed E-state index contributed by atoms with van der Waals surface area (Å²) in [6.07, 6.45) is 1.27. The molecule has 1 aliphatic heterocycles. The molecule has 176 valence electrons. The molecule has 0 atom stereocenters. The van der Waals surface area contributed by atoms with E-state index in [1.807, 2.05) is 0 Å². The molecule has 35 heavy (non-hydrogen) atoms. The number of carbonyl (C=O) groups is 4. The largest absolute Gasteiger partial charge is 0.497 e. The zero-order valence-electron chi connectivity index (χ0n) is 18.1. The predicted octanol–water partition coefficient (Wildman–Crippen LogP) is 5.11. The van der Waals surface area contributed by atoms with E-state index < -0.39 is 23.8 Å². The van der Waals surface area contributed by atoms with E-state index in [2.05, 4.69) is 37.2 Å². The smallest absolute Gasteiger partial charge is 0.343 e. The molecule has 0 aliphatic carbocycles. The van der Waals surface area contributed by atoms with E-state index in [0.29, 0.717) is 20.3 Å². The molecule has 3 aromatic rings. The first-order chi connectivity index (χ1) is 16.8. The van der Waals surface area contributed by atoms with E-state index in [4.69, 9.17) is 9.47 Å². The molecule has 1 heterocycles. The van der Waals surface area contributed by atoms with Crippen molar-refractivity contribution in [3.63, 3.8) is 0 Å². The van der Waals surface area contributed by atoms with Gasteiger partial charge in [-0.2, -0.15) is 0 Å². The lowest BCUT2D eigenvalue weighted by Crippen LogP contribution is -2.54. The lowest BCUT2D eigenvalue weighted by molar-refractivity contribution is -0.122. The van der Waals surface area contributed by atoms with Crippen LogP contribution in [0.15, 0.2) is 81.2 Å². The molecule has 1 saturated heterocycles. The number of amides is 4. The van der Waals surface area contributed by atoms with Gasteiger partial charge in [0.15, 0.2) is 5.75 Å². The van der Waals surface area contributed by atoms with Gasteiger partial charge < -0.3 is 9.47 Å². The number of rotatable bonds is 5. The Morgan fingerprint density at radius 1 is 0.971 bits per heavy atom. The molecule has 1 aliphatic rings. The summed E-state index contributed by atoms with van der Waals surface area (Å²) < 4.78 is 11.7. The summed E-state index contributed by atoms with van der Waals surface area (Å²) in [5, 5.41) is 2.17. The number of halogens is 2. The molecular formula is C25H16Br2N2O6. The second-order valence-corrected chi connectivity index (χ2v) is 8.99. The van der Waals surface area contributed by atoms with Crippen LogP contribution in [0.25, 0.3) is 6.08 Å². The highest BCUT2D eigenvalue weighted by atomic mass is 79.9. The first kappa shape index (κ1) is 24.4. The summed E-state index contributed by atoms with van der Waals surface area (Å²) in [7, 11) is 1.49. The van der Waals surface area contributed by atoms with Crippen LogP contribution in [-0.2, 0) is 9.59 Å². The van der Waals surface area contributed by atoms with Crippen molar-refractivity contribution in [3.8, 4) is 11.5 Å². The highest BCUT2D eigenvalue weighted by molar-refractivity contribution is 9.11. The average Bonchev–Trinajstić information content (AvgIpc) is 2.84. The van der Waals surface area contributed by atoms with E-state index in [-0.39, 0.29) is 22.6 Å². The summed E-state index contributed by atoms with van der Waals surface area (Å²) in [5.74, 6) is -1.69. The van der Waals surface area contributed by atoms with Crippen molar-refractivity contribution in [2.24, 2.45) is 0 Å². The van der Waals surface area contributed by atoms with Gasteiger partial charge in [-0.05, 0) is 70.5 Å². The molecule has 8 nitrogen and oxygen atoms in total. The van der Waals surface area contributed by atoms with Crippen molar-refractivity contribution in [2.75, 3.05) is 12.0 Å². The molecule has 0 unspecified atom stereocenters. The quantitative estimate of drug-likeness (QED) is 0.189. The first-order valence-electron chi connectivity index (χ1n) is 10.1. The molecule has 1 N–H and O–H groups in total. The summed E-state index contributed by atoms with van der Waals surface area (Å²) in [6.45, 7) is 0. The van der Waals surface area contributed by atoms with Gasteiger partial charge in [-0.3, -0.25) is 14.9 Å². The topological polar surface area (TPSA) is 102 Å². The van der Waals surface area contributed by atoms with E-state index in [0.717, 1.165) is 4.90 Å². The number of nitrogens with zero attached hydrogens (tertiary/aromatic N) is 1. The fourth-order valence-corrected chi connectivity index (χ4v) is 4.64. The van der Waals surface area contributed by atoms with Gasteiger partial charge in [-0.1, -0.05) is 34.1 Å². The van der Waals surface area contributed by atoms with Gasteiger partial charge in [0.1, 0.15) is 11.3 Å². The van der Waals surface area contributed by atoms with Gasteiger partial charge in [0.2, 0.25) is 0 Å². The molecule has 3 aromatic carbocycles. The zero-order valence-corrected chi connectivity index (χ0v) is 21.3. The van der Waals surface area contributed by atoms with Gasteiger partial charge in [0.25, 0.3) is 11.8 Å². The molecule has 1 fully saturated rings. The average molecular weight is 600 g/mol.